The molecule has 0 radical (unpaired) electrons. The lowest BCUT2D eigenvalue weighted by atomic mass is 9.83. The van der Waals surface area contributed by atoms with Crippen LogP contribution < -0.4 is 0 Å². The molecule has 0 unspecified atom stereocenters. The average molecular weight is 296 g/mol. The maximum atomic E-state index is 12.1. The van der Waals surface area contributed by atoms with E-state index in [2.05, 4.69) is 25.2 Å². The molecule has 1 rings (SSSR count). The van der Waals surface area contributed by atoms with Gasteiger partial charge in [0, 0.05) is 14.1 Å². The van der Waals surface area contributed by atoms with Crippen molar-refractivity contribution >= 4 is 16.4 Å². The third-order valence-corrected chi connectivity index (χ3v) is 4.47. The maximum absolute atomic E-state index is 12.1. The van der Waals surface area contributed by atoms with Gasteiger partial charge in [-0.25, -0.2) is 0 Å². The molecule has 0 aliphatic heterocycles. The first-order chi connectivity index (χ1) is 9.16. The van der Waals surface area contributed by atoms with Crippen molar-refractivity contribution in [1.82, 2.24) is 4.90 Å². The van der Waals surface area contributed by atoms with Crippen LogP contribution in [0.5, 0.6) is 0 Å². The lowest BCUT2D eigenvalue weighted by Crippen LogP contribution is -2.14. The lowest BCUT2D eigenvalue weighted by Gasteiger charge is -2.22. The first-order valence-corrected chi connectivity index (χ1v) is 8.16. The molecule has 0 saturated heterocycles. The Morgan fingerprint density at radius 1 is 1.30 bits per heavy atom. The molecule has 0 heterocycles. The van der Waals surface area contributed by atoms with Gasteiger partial charge in [-0.1, -0.05) is 39.3 Å². The standard InChI is InChI=1S/C15H24N2O2S/c1-6-15(2,3)11-13-8-7-9-14(10-13)20(18,19)16-12-17(4)5/h7-10,12H,6,11H2,1-5H3. The van der Waals surface area contributed by atoms with Gasteiger partial charge in [0.05, 0.1) is 4.90 Å². The van der Waals surface area contributed by atoms with Crippen LogP contribution in [0.4, 0.5) is 0 Å². The van der Waals surface area contributed by atoms with Crippen LogP contribution >= 0.6 is 0 Å². The summed E-state index contributed by atoms with van der Waals surface area (Å²) in [5.41, 5.74) is 1.19. The first kappa shape index (κ1) is 16.7. The van der Waals surface area contributed by atoms with Gasteiger partial charge in [-0.05, 0) is 29.5 Å². The molecule has 0 aliphatic carbocycles. The third kappa shape index (κ3) is 4.96. The summed E-state index contributed by atoms with van der Waals surface area (Å²) in [7, 11) is -0.142. The Bertz CT molecular complexity index is 575. The van der Waals surface area contributed by atoms with Gasteiger partial charge >= 0.3 is 0 Å². The van der Waals surface area contributed by atoms with E-state index in [1.54, 1.807) is 37.2 Å². The molecule has 5 heteroatoms. The summed E-state index contributed by atoms with van der Waals surface area (Å²) in [5, 5.41) is 0. The number of nitrogens with zero attached hydrogens (tertiary/aromatic N) is 2. The number of hydrogen-bond acceptors (Lipinski definition) is 2. The van der Waals surface area contributed by atoms with Crippen LogP contribution in [0.15, 0.2) is 33.6 Å². The zero-order chi connectivity index (χ0) is 15.4. The molecule has 0 spiro atoms. The topological polar surface area (TPSA) is 49.7 Å². The second-order valence-electron chi connectivity index (χ2n) is 6.00. The van der Waals surface area contributed by atoms with Crippen LogP contribution in [-0.2, 0) is 16.4 Å². The van der Waals surface area contributed by atoms with Gasteiger partial charge in [-0.2, -0.15) is 8.42 Å². The van der Waals surface area contributed by atoms with E-state index in [1.165, 1.54) is 6.34 Å². The molecule has 0 N–H and O–H groups in total. The molecule has 0 atom stereocenters. The largest absolute Gasteiger partial charge is 0.368 e. The van der Waals surface area contributed by atoms with Crippen molar-refractivity contribution in [3.05, 3.63) is 29.8 Å². The van der Waals surface area contributed by atoms with E-state index in [0.717, 1.165) is 18.4 Å². The Morgan fingerprint density at radius 2 is 1.95 bits per heavy atom. The van der Waals surface area contributed by atoms with E-state index in [-0.39, 0.29) is 10.3 Å². The van der Waals surface area contributed by atoms with Crippen LogP contribution in [0.2, 0.25) is 0 Å². The minimum atomic E-state index is -3.61. The molecule has 0 aliphatic rings. The summed E-state index contributed by atoms with van der Waals surface area (Å²) in [6.45, 7) is 6.50. The summed E-state index contributed by atoms with van der Waals surface area (Å²) in [4.78, 5) is 1.85. The summed E-state index contributed by atoms with van der Waals surface area (Å²) >= 11 is 0. The molecule has 112 valence electrons. The summed E-state index contributed by atoms with van der Waals surface area (Å²) in [6.07, 6.45) is 3.20. The smallest absolute Gasteiger partial charge is 0.283 e. The van der Waals surface area contributed by atoms with Crippen molar-refractivity contribution in [2.75, 3.05) is 14.1 Å². The summed E-state index contributed by atoms with van der Waals surface area (Å²) in [6, 6.07) is 7.05. The highest BCUT2D eigenvalue weighted by atomic mass is 32.2. The van der Waals surface area contributed by atoms with Crippen LogP contribution in [0, 0.1) is 5.41 Å². The Labute approximate surface area is 122 Å². The quantitative estimate of drug-likeness (QED) is 0.599. The van der Waals surface area contributed by atoms with Gasteiger partial charge in [-0.15, -0.1) is 4.40 Å². The van der Waals surface area contributed by atoms with Crippen molar-refractivity contribution < 1.29 is 8.42 Å². The summed E-state index contributed by atoms with van der Waals surface area (Å²) in [5.74, 6) is 0. The molecule has 0 fully saturated rings. The number of hydrogen-bond donors (Lipinski definition) is 0. The number of benzene rings is 1. The Hall–Kier alpha value is -1.36. The second-order valence-corrected chi connectivity index (χ2v) is 7.63. The fourth-order valence-electron chi connectivity index (χ4n) is 1.71. The van der Waals surface area contributed by atoms with Gasteiger partial charge in [0.2, 0.25) is 0 Å². The molecule has 0 aromatic heterocycles. The highest BCUT2D eigenvalue weighted by molar-refractivity contribution is 7.90. The lowest BCUT2D eigenvalue weighted by molar-refractivity contribution is 0.349. The number of rotatable bonds is 6. The monoisotopic (exact) mass is 296 g/mol. The minimum absolute atomic E-state index is 0.162. The van der Waals surface area contributed by atoms with Gasteiger partial charge < -0.3 is 4.90 Å². The molecular formula is C15H24N2O2S. The van der Waals surface area contributed by atoms with Crippen LogP contribution in [0.1, 0.15) is 32.8 Å². The van der Waals surface area contributed by atoms with Gasteiger partial charge in [-0.3, -0.25) is 0 Å². The van der Waals surface area contributed by atoms with E-state index in [4.69, 9.17) is 0 Å². The van der Waals surface area contributed by atoms with E-state index in [0.29, 0.717) is 0 Å². The zero-order valence-electron chi connectivity index (χ0n) is 12.9. The first-order valence-electron chi connectivity index (χ1n) is 6.72. The predicted octanol–water partition coefficient (Wildman–Crippen LogP) is 2.94. The maximum Gasteiger partial charge on any atom is 0.283 e. The van der Waals surface area contributed by atoms with Crippen molar-refractivity contribution in [2.45, 2.75) is 38.5 Å². The Morgan fingerprint density at radius 3 is 2.50 bits per heavy atom. The van der Waals surface area contributed by atoms with Crippen LogP contribution in [0.25, 0.3) is 0 Å². The van der Waals surface area contributed by atoms with Crippen molar-refractivity contribution in [3.8, 4) is 0 Å². The van der Waals surface area contributed by atoms with Crippen molar-refractivity contribution in [1.29, 1.82) is 0 Å². The van der Waals surface area contributed by atoms with E-state index < -0.39 is 10.0 Å². The molecule has 20 heavy (non-hydrogen) atoms. The Balaban J connectivity index is 3.05. The molecule has 1 aromatic carbocycles. The van der Waals surface area contributed by atoms with Gasteiger partial charge in [0.15, 0.2) is 0 Å². The zero-order valence-corrected chi connectivity index (χ0v) is 13.7. The molecule has 0 bridgehead atoms. The second kappa shape index (κ2) is 6.39. The van der Waals surface area contributed by atoms with E-state index >= 15 is 0 Å². The Kier molecular flexibility index (Phi) is 5.34. The molecular weight excluding hydrogens is 272 g/mol. The van der Waals surface area contributed by atoms with Gasteiger partial charge in [0.25, 0.3) is 10.0 Å². The third-order valence-electron chi connectivity index (χ3n) is 3.25. The van der Waals surface area contributed by atoms with Crippen LogP contribution in [-0.4, -0.2) is 33.8 Å². The fraction of sp³-hybridized carbons (Fsp3) is 0.533. The SMILES string of the molecule is CCC(C)(C)Cc1cccc(S(=O)(=O)N=CN(C)C)c1. The summed E-state index contributed by atoms with van der Waals surface area (Å²) < 4.78 is 27.9. The molecule has 0 amide bonds. The molecule has 1 aromatic rings. The van der Waals surface area contributed by atoms with E-state index in [1.807, 2.05) is 6.07 Å². The average Bonchev–Trinajstić information content (AvgIpc) is 2.36. The normalized spacial score (nSPS) is 12.8. The predicted molar refractivity (Wildman–Crippen MR) is 83.6 cm³/mol. The van der Waals surface area contributed by atoms with Crippen molar-refractivity contribution in [2.24, 2.45) is 9.81 Å². The van der Waals surface area contributed by atoms with Crippen molar-refractivity contribution in [3.63, 3.8) is 0 Å². The molecule has 0 saturated carbocycles. The van der Waals surface area contributed by atoms with Crippen LogP contribution in [0.3, 0.4) is 0 Å². The highest BCUT2D eigenvalue weighted by Gasteiger charge is 2.18. The van der Waals surface area contributed by atoms with E-state index in [9.17, 15) is 8.42 Å². The number of sulfonamides is 1. The molecule has 4 nitrogen and oxygen atoms in total. The fourth-order valence-corrected chi connectivity index (χ4v) is 2.70. The highest BCUT2D eigenvalue weighted by Crippen LogP contribution is 2.26. The van der Waals surface area contributed by atoms with Gasteiger partial charge in [0.1, 0.15) is 6.34 Å². The minimum Gasteiger partial charge on any atom is -0.368 e.